The number of thiazole rings is 1. The third kappa shape index (κ3) is 5.16. The smallest absolute Gasteiger partial charge is 0.271 e. The number of aromatic nitrogens is 1. The second-order valence-electron chi connectivity index (χ2n) is 8.50. The molecule has 0 fully saturated rings. The molecule has 1 amide bonds. The van der Waals surface area contributed by atoms with Crippen LogP contribution in [0.15, 0.2) is 87.8 Å². The zero-order chi connectivity index (χ0) is 27.0. The van der Waals surface area contributed by atoms with Gasteiger partial charge in [0.2, 0.25) is 0 Å². The van der Waals surface area contributed by atoms with Gasteiger partial charge in [-0.1, -0.05) is 41.7 Å². The van der Waals surface area contributed by atoms with Crippen molar-refractivity contribution >= 4 is 74.2 Å². The Balaban J connectivity index is 1.71. The molecule has 1 aliphatic rings. The number of phenolic OH excluding ortho intramolecular Hbond substituents is 1. The van der Waals surface area contributed by atoms with Crippen molar-refractivity contribution in [3.05, 3.63) is 116 Å². The van der Waals surface area contributed by atoms with E-state index in [2.05, 4.69) is 55.5 Å². The van der Waals surface area contributed by atoms with Gasteiger partial charge in [-0.05, 0) is 100 Å². The summed E-state index contributed by atoms with van der Waals surface area (Å²) in [5, 5.41) is 13.6. The van der Waals surface area contributed by atoms with Gasteiger partial charge in [-0.2, -0.15) is 0 Å². The molecule has 0 saturated carbocycles. The van der Waals surface area contributed by atoms with Crippen molar-refractivity contribution in [2.45, 2.75) is 13.0 Å². The van der Waals surface area contributed by atoms with E-state index in [4.69, 9.17) is 4.74 Å². The van der Waals surface area contributed by atoms with Crippen LogP contribution in [0.5, 0.6) is 11.5 Å². The van der Waals surface area contributed by atoms with Crippen LogP contribution in [0.1, 0.15) is 24.1 Å². The van der Waals surface area contributed by atoms with Gasteiger partial charge in [0.1, 0.15) is 11.5 Å². The second-order valence-corrected chi connectivity index (χ2v) is 11.9. The maximum Gasteiger partial charge on any atom is 0.271 e. The number of nitrogens with zero attached hydrogens (tertiary/aromatic N) is 2. The highest BCUT2D eigenvalue weighted by atomic mass is 127. The summed E-state index contributed by atoms with van der Waals surface area (Å²) in [4.78, 5) is 32.7. The highest BCUT2D eigenvalue weighted by molar-refractivity contribution is 14.1. The number of hydrogen-bond donors (Lipinski definition) is 2. The number of nitrogens with one attached hydrogen (secondary N) is 1. The lowest BCUT2D eigenvalue weighted by atomic mass is 9.95. The van der Waals surface area contributed by atoms with E-state index < -0.39 is 6.04 Å². The zero-order valence-corrected chi connectivity index (χ0v) is 25.4. The maximum absolute atomic E-state index is 13.9. The average molecular weight is 749 g/mol. The first-order valence-electron chi connectivity index (χ1n) is 11.5. The Morgan fingerprint density at radius 1 is 1.13 bits per heavy atom. The molecule has 0 spiro atoms. The minimum atomic E-state index is -0.725. The van der Waals surface area contributed by atoms with Crippen molar-refractivity contribution in [2.75, 3.05) is 12.4 Å². The normalized spacial score (nSPS) is 15.2. The van der Waals surface area contributed by atoms with E-state index in [9.17, 15) is 14.7 Å². The molecule has 7 nitrogen and oxygen atoms in total. The quantitative estimate of drug-likeness (QED) is 0.287. The molecule has 5 rings (SSSR count). The topological polar surface area (TPSA) is 92.9 Å². The van der Waals surface area contributed by atoms with Crippen molar-refractivity contribution in [3.8, 4) is 11.5 Å². The summed E-state index contributed by atoms with van der Waals surface area (Å²) in [7, 11) is 1.57. The van der Waals surface area contributed by atoms with Crippen LogP contribution < -0.4 is 24.9 Å². The number of phenols is 1. The fourth-order valence-corrected chi connectivity index (χ4v) is 7.22. The van der Waals surface area contributed by atoms with Gasteiger partial charge in [0.15, 0.2) is 4.80 Å². The summed E-state index contributed by atoms with van der Waals surface area (Å²) in [6.07, 6.45) is 1.68. The molecule has 38 heavy (non-hydrogen) atoms. The number of para-hydroxylation sites is 1. The van der Waals surface area contributed by atoms with Gasteiger partial charge in [-0.25, -0.2) is 4.99 Å². The Labute approximate surface area is 249 Å². The Morgan fingerprint density at radius 2 is 1.89 bits per heavy atom. The molecule has 1 unspecified atom stereocenters. The molecular formula is C28H21I2N3O4S. The van der Waals surface area contributed by atoms with Crippen LogP contribution in [0.4, 0.5) is 5.69 Å². The average Bonchev–Trinajstić information content (AvgIpc) is 3.20. The fraction of sp³-hybridized carbons (Fsp3) is 0.107. The summed E-state index contributed by atoms with van der Waals surface area (Å²) in [5.74, 6) is 0.380. The molecule has 0 bridgehead atoms. The Kier molecular flexibility index (Phi) is 7.73. The molecule has 10 heteroatoms. The van der Waals surface area contributed by atoms with Gasteiger partial charge >= 0.3 is 0 Å². The summed E-state index contributed by atoms with van der Waals surface area (Å²) in [6, 6.07) is 19.5. The van der Waals surface area contributed by atoms with Crippen molar-refractivity contribution in [1.29, 1.82) is 0 Å². The molecule has 192 valence electrons. The summed E-state index contributed by atoms with van der Waals surface area (Å²) < 4.78 is 9.03. The van der Waals surface area contributed by atoms with Gasteiger partial charge in [0.25, 0.3) is 11.5 Å². The van der Waals surface area contributed by atoms with Crippen molar-refractivity contribution < 1.29 is 14.6 Å². The molecule has 2 heterocycles. The SMILES string of the molecule is COc1cccc(C2C(C(=O)Nc3ccccc3)=C(C)N=c3s/c(=C/c4cc(I)cc(I)c4O)c(=O)n32)c1. The van der Waals surface area contributed by atoms with Crippen LogP contribution in [0.25, 0.3) is 6.08 Å². The molecule has 0 saturated heterocycles. The summed E-state index contributed by atoms with van der Waals surface area (Å²) in [6.45, 7) is 1.78. The molecule has 2 N–H and O–H groups in total. The predicted octanol–water partition coefficient (Wildman–Crippen LogP) is 4.80. The Bertz CT molecular complexity index is 1780. The fourth-order valence-electron chi connectivity index (χ4n) is 4.30. The molecule has 1 aromatic heterocycles. The Morgan fingerprint density at radius 3 is 2.63 bits per heavy atom. The predicted molar refractivity (Wildman–Crippen MR) is 165 cm³/mol. The van der Waals surface area contributed by atoms with E-state index in [1.54, 1.807) is 36.8 Å². The number of benzene rings is 3. The van der Waals surface area contributed by atoms with Gasteiger partial charge in [0, 0.05) is 14.8 Å². The number of carbonyl (C=O) groups excluding carboxylic acids is 1. The van der Waals surface area contributed by atoms with Gasteiger partial charge < -0.3 is 15.2 Å². The summed E-state index contributed by atoms with van der Waals surface area (Å²) in [5.41, 5.74) is 2.49. The van der Waals surface area contributed by atoms with Crippen LogP contribution in [0, 0.1) is 7.14 Å². The van der Waals surface area contributed by atoms with E-state index in [1.165, 1.54) is 11.3 Å². The van der Waals surface area contributed by atoms with E-state index >= 15 is 0 Å². The summed E-state index contributed by atoms with van der Waals surface area (Å²) >= 11 is 5.47. The van der Waals surface area contributed by atoms with Gasteiger partial charge in [0.05, 0.1) is 32.5 Å². The largest absolute Gasteiger partial charge is 0.506 e. The van der Waals surface area contributed by atoms with Crippen LogP contribution in [0.3, 0.4) is 0 Å². The number of rotatable bonds is 5. The van der Waals surface area contributed by atoms with E-state index in [0.717, 1.165) is 9.13 Å². The molecular weight excluding hydrogens is 728 g/mol. The maximum atomic E-state index is 13.9. The van der Waals surface area contributed by atoms with Gasteiger partial charge in [-0.15, -0.1) is 0 Å². The number of fused-ring (bicyclic) bond motifs is 1. The number of aromatic hydroxyl groups is 1. The highest BCUT2D eigenvalue weighted by Crippen LogP contribution is 2.32. The van der Waals surface area contributed by atoms with Gasteiger partial charge in [-0.3, -0.25) is 14.2 Å². The zero-order valence-electron chi connectivity index (χ0n) is 20.2. The van der Waals surface area contributed by atoms with Crippen molar-refractivity contribution in [1.82, 2.24) is 4.57 Å². The van der Waals surface area contributed by atoms with Crippen LogP contribution in [-0.2, 0) is 4.79 Å². The number of amides is 1. The minimum absolute atomic E-state index is 0.111. The highest BCUT2D eigenvalue weighted by Gasteiger charge is 2.32. The monoisotopic (exact) mass is 749 g/mol. The molecule has 0 radical (unpaired) electrons. The standard InChI is InChI=1S/C28H21I2N3O4S/c1-15-23(26(35)32-19-8-4-3-5-9-19)24(16-7-6-10-20(12-16)37-2)33-27(36)22(38-28(33)31-15)13-17-11-18(29)14-21(30)25(17)34/h3-14,24,34H,1-2H3,(H,32,35)/b22-13+. The lowest BCUT2D eigenvalue weighted by Gasteiger charge is -2.25. The molecule has 1 atom stereocenters. The van der Waals surface area contributed by atoms with Crippen molar-refractivity contribution in [2.24, 2.45) is 4.99 Å². The first kappa shape index (κ1) is 26.6. The number of hydrogen-bond acceptors (Lipinski definition) is 6. The second kappa shape index (κ2) is 11.0. The van der Waals surface area contributed by atoms with Crippen LogP contribution >= 0.6 is 56.5 Å². The number of anilines is 1. The first-order chi connectivity index (χ1) is 18.3. The number of halogens is 2. The number of ether oxygens (including phenoxy) is 1. The minimum Gasteiger partial charge on any atom is -0.506 e. The van der Waals surface area contributed by atoms with E-state index in [0.29, 0.717) is 41.2 Å². The third-order valence-corrected chi connectivity index (χ3v) is 8.48. The molecule has 4 aromatic rings. The first-order valence-corrected chi connectivity index (χ1v) is 14.4. The third-order valence-electron chi connectivity index (χ3n) is 6.05. The lowest BCUT2D eigenvalue weighted by Crippen LogP contribution is -2.40. The number of methoxy groups -OCH3 is 1. The molecule has 1 aliphatic heterocycles. The van der Waals surface area contributed by atoms with Crippen LogP contribution in [0.2, 0.25) is 0 Å². The lowest BCUT2D eigenvalue weighted by molar-refractivity contribution is -0.113. The van der Waals surface area contributed by atoms with E-state index in [1.807, 2.05) is 54.6 Å². The molecule has 0 aliphatic carbocycles. The number of allylic oxidation sites excluding steroid dienone is 1. The van der Waals surface area contributed by atoms with Crippen LogP contribution in [-0.4, -0.2) is 22.7 Å². The number of carbonyl (C=O) groups is 1. The Hall–Kier alpha value is -2.97. The van der Waals surface area contributed by atoms with Crippen molar-refractivity contribution in [3.63, 3.8) is 0 Å². The molecule has 3 aromatic carbocycles. The van der Waals surface area contributed by atoms with E-state index in [-0.39, 0.29) is 17.2 Å².